The van der Waals surface area contributed by atoms with Gasteiger partial charge >= 0.3 is 0 Å². The van der Waals surface area contributed by atoms with Gasteiger partial charge in [-0.15, -0.1) is 0 Å². The molecule has 2 aromatic carbocycles. The van der Waals surface area contributed by atoms with Crippen molar-refractivity contribution < 1.29 is 18.7 Å². The molecule has 2 N–H and O–H groups in total. The maximum Gasteiger partial charge on any atom is 0.215 e. The Hall–Kier alpha value is -3.74. The number of halogens is 1. The van der Waals surface area contributed by atoms with Gasteiger partial charge in [-0.05, 0) is 23.8 Å². The van der Waals surface area contributed by atoms with Gasteiger partial charge in [0.1, 0.15) is 23.5 Å². The van der Waals surface area contributed by atoms with E-state index in [1.165, 1.54) is 18.5 Å². The molecule has 0 amide bonds. The van der Waals surface area contributed by atoms with E-state index in [1.807, 2.05) is 6.07 Å². The second-order valence-corrected chi connectivity index (χ2v) is 5.92. The lowest BCUT2D eigenvalue weighted by molar-refractivity contribution is 0.104. The minimum Gasteiger partial charge on any atom is -0.504 e. The predicted octanol–water partition coefficient (Wildman–Crippen LogP) is 4.06. The third-order valence-electron chi connectivity index (χ3n) is 4.10. The Kier molecular flexibility index (Phi) is 4.25. The summed E-state index contributed by atoms with van der Waals surface area (Å²) in [5.74, 6) is -0.652. The van der Waals surface area contributed by atoms with Gasteiger partial charge in [-0.25, -0.2) is 9.37 Å². The number of allylic oxidation sites excluding steroid dienone is 1. The fourth-order valence-electron chi connectivity index (χ4n) is 2.87. The number of H-pyrrole nitrogens is 1. The molecule has 0 fully saturated rings. The Balaban J connectivity index is 1.77. The molecule has 2 heterocycles. The third-order valence-corrected chi connectivity index (χ3v) is 4.10. The zero-order chi connectivity index (χ0) is 18.8. The van der Waals surface area contributed by atoms with Crippen LogP contribution in [-0.2, 0) is 6.42 Å². The number of aromatic amines is 1. The minimum absolute atomic E-state index is 0.0243. The highest BCUT2D eigenvalue weighted by Crippen LogP contribution is 2.29. The van der Waals surface area contributed by atoms with Crippen LogP contribution in [0.1, 0.15) is 27.5 Å². The number of aliphatic hydroxyl groups is 1. The van der Waals surface area contributed by atoms with Gasteiger partial charge in [0.05, 0.1) is 5.56 Å². The van der Waals surface area contributed by atoms with Crippen LogP contribution in [0.3, 0.4) is 0 Å². The molecule has 0 radical (unpaired) electrons. The molecular formula is C20H14FN3O3. The second kappa shape index (κ2) is 6.87. The summed E-state index contributed by atoms with van der Waals surface area (Å²) in [4.78, 5) is 16.7. The zero-order valence-corrected chi connectivity index (χ0v) is 14.0. The number of benzene rings is 2. The maximum absolute atomic E-state index is 13.2. The largest absolute Gasteiger partial charge is 0.504 e. The topological polar surface area (TPSA) is 92.0 Å². The molecule has 0 unspecified atom stereocenters. The molecule has 0 saturated heterocycles. The second-order valence-electron chi connectivity index (χ2n) is 5.92. The Bertz CT molecular complexity index is 1130. The first kappa shape index (κ1) is 16.7. The third kappa shape index (κ3) is 3.35. The van der Waals surface area contributed by atoms with E-state index in [1.54, 1.807) is 30.3 Å². The lowest BCUT2D eigenvalue weighted by Crippen LogP contribution is -2.01. The van der Waals surface area contributed by atoms with E-state index in [4.69, 9.17) is 4.42 Å². The van der Waals surface area contributed by atoms with Crippen LogP contribution in [0.4, 0.5) is 4.39 Å². The van der Waals surface area contributed by atoms with Gasteiger partial charge in [-0.1, -0.05) is 30.3 Å². The van der Waals surface area contributed by atoms with E-state index >= 15 is 0 Å². The fourth-order valence-corrected chi connectivity index (χ4v) is 2.87. The van der Waals surface area contributed by atoms with Crippen molar-refractivity contribution in [3.63, 3.8) is 0 Å². The van der Waals surface area contributed by atoms with Crippen molar-refractivity contribution >= 4 is 22.5 Å². The Morgan fingerprint density at radius 3 is 2.70 bits per heavy atom. The number of hydrogen-bond donors (Lipinski definition) is 2. The molecule has 7 heteroatoms. The Labute approximate surface area is 153 Å². The Morgan fingerprint density at radius 1 is 1.19 bits per heavy atom. The number of aliphatic hydroxyl groups excluding tert-OH is 1. The number of carbonyl (C=O) groups is 1. The SMILES string of the molecule is O=C(C=C(O)c1nc[nH]n1)c1c(Cc2ccc(F)cc2)oc2ccccc12. The molecule has 0 bridgehead atoms. The average Bonchev–Trinajstić information content (AvgIpc) is 3.31. The van der Waals surface area contributed by atoms with Gasteiger partial charge in [0.25, 0.3) is 0 Å². The molecule has 0 aliphatic rings. The average molecular weight is 363 g/mol. The number of aromatic nitrogens is 3. The molecule has 0 aliphatic heterocycles. The van der Waals surface area contributed by atoms with Gasteiger partial charge in [-0.2, -0.15) is 5.10 Å². The van der Waals surface area contributed by atoms with Gasteiger partial charge < -0.3 is 9.52 Å². The van der Waals surface area contributed by atoms with Crippen LogP contribution >= 0.6 is 0 Å². The summed E-state index contributed by atoms with van der Waals surface area (Å²) in [6, 6.07) is 13.1. The summed E-state index contributed by atoms with van der Waals surface area (Å²) < 4.78 is 19.0. The molecule has 0 aliphatic carbocycles. The number of hydrogen-bond acceptors (Lipinski definition) is 5. The fraction of sp³-hybridized carbons (Fsp3) is 0.0500. The highest BCUT2D eigenvalue weighted by molar-refractivity contribution is 6.15. The molecule has 4 aromatic rings. The van der Waals surface area contributed by atoms with Crippen LogP contribution in [0.25, 0.3) is 16.7 Å². The summed E-state index contributed by atoms with van der Waals surface area (Å²) in [6.07, 6.45) is 2.68. The lowest BCUT2D eigenvalue weighted by atomic mass is 10.0. The zero-order valence-electron chi connectivity index (χ0n) is 14.0. The number of nitrogens with one attached hydrogen (secondary N) is 1. The van der Waals surface area contributed by atoms with Gasteiger partial charge in [0.15, 0.2) is 11.5 Å². The lowest BCUT2D eigenvalue weighted by Gasteiger charge is -2.02. The number of rotatable bonds is 5. The first-order valence-electron chi connectivity index (χ1n) is 8.18. The van der Waals surface area contributed by atoms with Crippen LogP contribution in [0, 0.1) is 5.82 Å². The maximum atomic E-state index is 13.2. The van der Waals surface area contributed by atoms with Gasteiger partial charge in [0, 0.05) is 17.9 Å². The number of nitrogens with zero attached hydrogens (tertiary/aromatic N) is 2. The number of fused-ring (bicyclic) bond motifs is 1. The molecule has 2 aromatic heterocycles. The van der Waals surface area contributed by atoms with E-state index < -0.39 is 5.78 Å². The first-order valence-corrected chi connectivity index (χ1v) is 8.18. The minimum atomic E-state index is -0.431. The molecule has 134 valence electrons. The molecule has 4 rings (SSSR count). The van der Waals surface area contributed by atoms with Crippen LogP contribution in [0.15, 0.2) is 65.4 Å². The normalized spacial score (nSPS) is 11.8. The van der Waals surface area contributed by atoms with Crippen molar-refractivity contribution in [1.29, 1.82) is 0 Å². The van der Waals surface area contributed by atoms with Crippen molar-refractivity contribution in [2.75, 3.05) is 0 Å². The van der Waals surface area contributed by atoms with E-state index in [9.17, 15) is 14.3 Å². The summed E-state index contributed by atoms with van der Waals surface area (Å²) >= 11 is 0. The molecule has 0 atom stereocenters. The van der Waals surface area contributed by atoms with Crippen molar-refractivity contribution in [1.82, 2.24) is 15.2 Å². The van der Waals surface area contributed by atoms with Crippen LogP contribution in [0.2, 0.25) is 0 Å². The summed E-state index contributed by atoms with van der Waals surface area (Å²) in [5, 5.41) is 16.9. The molecule has 0 saturated carbocycles. The van der Waals surface area contributed by atoms with Crippen LogP contribution in [-0.4, -0.2) is 26.1 Å². The van der Waals surface area contributed by atoms with Crippen molar-refractivity contribution in [2.45, 2.75) is 6.42 Å². The van der Waals surface area contributed by atoms with Gasteiger partial charge in [0.2, 0.25) is 5.82 Å². The monoisotopic (exact) mass is 363 g/mol. The number of ketones is 1. The number of para-hydroxylation sites is 1. The number of carbonyl (C=O) groups excluding carboxylic acids is 1. The highest BCUT2D eigenvalue weighted by Gasteiger charge is 2.21. The van der Waals surface area contributed by atoms with E-state index in [2.05, 4.69) is 15.2 Å². The molecule has 6 nitrogen and oxygen atoms in total. The highest BCUT2D eigenvalue weighted by atomic mass is 19.1. The summed E-state index contributed by atoms with van der Waals surface area (Å²) in [6.45, 7) is 0. The summed E-state index contributed by atoms with van der Waals surface area (Å²) in [7, 11) is 0. The van der Waals surface area contributed by atoms with Crippen LogP contribution < -0.4 is 0 Å². The summed E-state index contributed by atoms with van der Waals surface area (Å²) in [5.41, 5.74) is 1.70. The molecular weight excluding hydrogens is 349 g/mol. The van der Waals surface area contributed by atoms with E-state index in [-0.39, 0.29) is 17.4 Å². The molecule has 0 spiro atoms. The quantitative estimate of drug-likeness (QED) is 0.317. The van der Waals surface area contributed by atoms with E-state index in [0.717, 1.165) is 11.6 Å². The Morgan fingerprint density at radius 2 is 1.96 bits per heavy atom. The first-order chi connectivity index (χ1) is 13.1. The van der Waals surface area contributed by atoms with Gasteiger partial charge in [-0.3, -0.25) is 9.89 Å². The number of furan rings is 1. The predicted molar refractivity (Wildman–Crippen MR) is 96.7 cm³/mol. The standard InChI is InChI=1S/C20H14FN3O3/c21-13-7-5-12(6-8-13)9-18-19(14-3-1-2-4-17(14)27-18)15(25)10-16(26)20-22-11-23-24-20/h1-8,10-11,26H,9H2,(H,22,23,24). The smallest absolute Gasteiger partial charge is 0.215 e. The van der Waals surface area contributed by atoms with E-state index in [0.29, 0.717) is 28.7 Å². The van der Waals surface area contributed by atoms with Crippen molar-refractivity contribution in [3.8, 4) is 0 Å². The van der Waals surface area contributed by atoms with Crippen LogP contribution in [0.5, 0.6) is 0 Å². The van der Waals surface area contributed by atoms with Crippen molar-refractivity contribution in [2.24, 2.45) is 0 Å². The van der Waals surface area contributed by atoms with Crippen molar-refractivity contribution in [3.05, 3.63) is 89.5 Å². The molecule has 27 heavy (non-hydrogen) atoms.